The van der Waals surface area contributed by atoms with Gasteiger partial charge in [0.25, 0.3) is 5.91 Å². The van der Waals surface area contributed by atoms with Crippen LogP contribution in [0.15, 0.2) is 17.8 Å². The standard InChI is InChI=1S/C17H23N5O2S/c1-24-17(3-5-18-6-4-17)16(23)22-9-7-21(8-10-22)14-13-2-11-25-15(13)20-12-19-14/h2,11-12,18H,3-10H2,1H3. The molecule has 7 nitrogen and oxygen atoms in total. The third kappa shape index (κ3) is 2.98. The summed E-state index contributed by atoms with van der Waals surface area (Å²) in [6.07, 6.45) is 3.11. The molecule has 2 aliphatic rings. The molecule has 8 heteroatoms. The minimum absolute atomic E-state index is 0.138. The van der Waals surface area contributed by atoms with Crippen LogP contribution in [0.1, 0.15) is 12.8 Å². The molecule has 1 N–H and O–H groups in total. The molecule has 0 aromatic carbocycles. The third-order valence-electron chi connectivity index (χ3n) is 5.30. The van der Waals surface area contributed by atoms with Crippen LogP contribution in [0.5, 0.6) is 0 Å². The summed E-state index contributed by atoms with van der Waals surface area (Å²) in [5.41, 5.74) is -0.650. The van der Waals surface area contributed by atoms with Crippen LogP contribution in [0, 0.1) is 0 Å². The SMILES string of the molecule is COC1(C(=O)N2CCN(c3ncnc4sccc34)CC2)CCNCC1. The number of ether oxygens (including phenoxy) is 1. The Kier molecular flexibility index (Phi) is 4.58. The summed E-state index contributed by atoms with van der Waals surface area (Å²) in [6.45, 7) is 4.63. The largest absolute Gasteiger partial charge is 0.368 e. The van der Waals surface area contributed by atoms with E-state index in [0.29, 0.717) is 13.1 Å². The van der Waals surface area contributed by atoms with E-state index in [4.69, 9.17) is 4.74 Å². The molecule has 0 saturated carbocycles. The van der Waals surface area contributed by atoms with Crippen LogP contribution in [-0.2, 0) is 9.53 Å². The van der Waals surface area contributed by atoms with Crippen LogP contribution in [0.2, 0.25) is 0 Å². The molecule has 2 aromatic heterocycles. The molecule has 0 aliphatic carbocycles. The van der Waals surface area contributed by atoms with Crippen molar-refractivity contribution in [1.29, 1.82) is 0 Å². The predicted octanol–water partition coefficient (Wildman–Crippen LogP) is 1.11. The molecule has 25 heavy (non-hydrogen) atoms. The number of rotatable bonds is 3. The van der Waals surface area contributed by atoms with Gasteiger partial charge in [-0.1, -0.05) is 0 Å². The van der Waals surface area contributed by atoms with Crippen molar-refractivity contribution in [3.8, 4) is 0 Å². The summed E-state index contributed by atoms with van der Waals surface area (Å²) in [6, 6.07) is 2.07. The highest BCUT2D eigenvalue weighted by Crippen LogP contribution is 2.29. The van der Waals surface area contributed by atoms with Crippen molar-refractivity contribution in [1.82, 2.24) is 20.2 Å². The first-order chi connectivity index (χ1) is 12.2. The molecule has 134 valence electrons. The maximum atomic E-state index is 13.1. The van der Waals surface area contributed by atoms with Crippen LogP contribution in [-0.4, -0.2) is 72.8 Å². The number of fused-ring (bicyclic) bond motifs is 1. The summed E-state index contributed by atoms with van der Waals surface area (Å²) >= 11 is 1.63. The second-order valence-electron chi connectivity index (χ2n) is 6.56. The van der Waals surface area contributed by atoms with Gasteiger partial charge in [-0.2, -0.15) is 0 Å². The molecule has 4 heterocycles. The van der Waals surface area contributed by atoms with Crippen molar-refractivity contribution in [2.45, 2.75) is 18.4 Å². The first-order valence-corrected chi connectivity index (χ1v) is 9.60. The van der Waals surface area contributed by atoms with Gasteiger partial charge in [-0.15, -0.1) is 11.3 Å². The molecular weight excluding hydrogens is 338 g/mol. The normalized spacial score (nSPS) is 20.8. The lowest BCUT2D eigenvalue weighted by atomic mass is 9.90. The Morgan fingerprint density at radius 1 is 1.24 bits per heavy atom. The third-order valence-corrected chi connectivity index (χ3v) is 6.12. The first kappa shape index (κ1) is 16.7. The molecule has 0 atom stereocenters. The molecule has 0 radical (unpaired) electrons. The van der Waals surface area contributed by atoms with Gasteiger partial charge in [0, 0.05) is 33.3 Å². The van der Waals surface area contributed by atoms with Gasteiger partial charge >= 0.3 is 0 Å². The van der Waals surface area contributed by atoms with E-state index in [1.54, 1.807) is 24.8 Å². The van der Waals surface area contributed by atoms with Gasteiger partial charge in [-0.3, -0.25) is 4.79 Å². The fourth-order valence-corrected chi connectivity index (χ4v) is 4.50. The molecule has 1 amide bonds. The molecule has 2 aliphatic heterocycles. The van der Waals surface area contributed by atoms with Crippen molar-refractivity contribution in [3.05, 3.63) is 17.8 Å². The fraction of sp³-hybridized carbons (Fsp3) is 0.588. The van der Waals surface area contributed by atoms with Gasteiger partial charge in [0.05, 0.1) is 5.39 Å². The van der Waals surface area contributed by atoms with Crippen LogP contribution in [0.3, 0.4) is 0 Å². The highest BCUT2D eigenvalue weighted by molar-refractivity contribution is 7.16. The summed E-state index contributed by atoms with van der Waals surface area (Å²) in [5.74, 6) is 1.11. The average molecular weight is 361 g/mol. The van der Waals surface area contributed by atoms with Crippen LogP contribution >= 0.6 is 11.3 Å². The molecule has 0 spiro atoms. The number of anilines is 1. The number of aromatic nitrogens is 2. The van der Waals surface area contributed by atoms with Gasteiger partial charge in [-0.25, -0.2) is 9.97 Å². The number of piperazine rings is 1. The summed E-state index contributed by atoms with van der Waals surface area (Å²) in [7, 11) is 1.66. The number of carbonyl (C=O) groups excluding carboxylic acids is 1. The number of hydrogen-bond acceptors (Lipinski definition) is 7. The zero-order valence-electron chi connectivity index (χ0n) is 14.4. The van der Waals surface area contributed by atoms with Crippen LogP contribution in [0.25, 0.3) is 10.2 Å². The van der Waals surface area contributed by atoms with E-state index < -0.39 is 5.60 Å². The smallest absolute Gasteiger partial charge is 0.255 e. The van der Waals surface area contributed by atoms with E-state index in [1.807, 2.05) is 10.3 Å². The summed E-state index contributed by atoms with van der Waals surface area (Å²) in [4.78, 5) is 27.1. The zero-order chi connectivity index (χ0) is 17.3. The number of carbonyl (C=O) groups is 1. The summed E-state index contributed by atoms with van der Waals surface area (Å²) in [5, 5.41) is 6.44. The molecule has 2 fully saturated rings. The van der Waals surface area contributed by atoms with Gasteiger partial charge in [0.15, 0.2) is 0 Å². The first-order valence-electron chi connectivity index (χ1n) is 8.72. The number of amides is 1. The number of hydrogen-bond donors (Lipinski definition) is 1. The lowest BCUT2D eigenvalue weighted by Crippen LogP contribution is -2.59. The Bertz CT molecular complexity index is 750. The van der Waals surface area contributed by atoms with E-state index in [-0.39, 0.29) is 5.91 Å². The number of methoxy groups -OCH3 is 1. The summed E-state index contributed by atoms with van der Waals surface area (Å²) < 4.78 is 5.69. The molecule has 2 aromatic rings. The predicted molar refractivity (Wildman–Crippen MR) is 98.1 cm³/mol. The second kappa shape index (κ2) is 6.86. The van der Waals surface area contributed by atoms with E-state index in [2.05, 4.69) is 26.3 Å². The van der Waals surface area contributed by atoms with Gasteiger partial charge in [0.1, 0.15) is 22.6 Å². The van der Waals surface area contributed by atoms with Gasteiger partial charge in [0.2, 0.25) is 0 Å². The molecule has 4 rings (SSSR count). The van der Waals surface area contributed by atoms with E-state index in [1.165, 1.54) is 0 Å². The molecule has 2 saturated heterocycles. The fourth-order valence-electron chi connectivity index (χ4n) is 3.77. The van der Waals surface area contributed by atoms with E-state index in [0.717, 1.165) is 55.1 Å². The van der Waals surface area contributed by atoms with Crippen molar-refractivity contribution in [2.24, 2.45) is 0 Å². The van der Waals surface area contributed by atoms with Gasteiger partial charge in [-0.05, 0) is 37.4 Å². The van der Waals surface area contributed by atoms with Crippen LogP contribution in [0.4, 0.5) is 5.82 Å². The molecular formula is C17H23N5O2S. The second-order valence-corrected chi connectivity index (χ2v) is 7.46. The Balaban J connectivity index is 1.46. The number of nitrogens with zero attached hydrogens (tertiary/aromatic N) is 4. The molecule has 0 bridgehead atoms. The monoisotopic (exact) mass is 361 g/mol. The number of thiophene rings is 1. The highest BCUT2D eigenvalue weighted by Gasteiger charge is 2.43. The minimum Gasteiger partial charge on any atom is -0.368 e. The average Bonchev–Trinajstić information content (AvgIpc) is 3.17. The Morgan fingerprint density at radius 2 is 2.00 bits per heavy atom. The Morgan fingerprint density at radius 3 is 2.72 bits per heavy atom. The highest BCUT2D eigenvalue weighted by atomic mass is 32.1. The van der Waals surface area contributed by atoms with Gasteiger partial charge < -0.3 is 19.9 Å². The minimum atomic E-state index is -0.650. The lowest BCUT2D eigenvalue weighted by Gasteiger charge is -2.42. The zero-order valence-corrected chi connectivity index (χ0v) is 15.2. The topological polar surface area (TPSA) is 70.6 Å². The maximum absolute atomic E-state index is 13.1. The van der Waals surface area contributed by atoms with Crippen molar-refractivity contribution < 1.29 is 9.53 Å². The molecule has 0 unspecified atom stereocenters. The number of piperidine rings is 1. The Labute approximate surface area is 151 Å². The Hall–Kier alpha value is -1.77. The van der Waals surface area contributed by atoms with Crippen molar-refractivity contribution >= 4 is 33.3 Å². The van der Waals surface area contributed by atoms with E-state index in [9.17, 15) is 4.79 Å². The quantitative estimate of drug-likeness (QED) is 0.883. The van der Waals surface area contributed by atoms with Crippen molar-refractivity contribution in [3.63, 3.8) is 0 Å². The maximum Gasteiger partial charge on any atom is 0.255 e. The van der Waals surface area contributed by atoms with Crippen LogP contribution < -0.4 is 10.2 Å². The number of nitrogens with one attached hydrogen (secondary N) is 1. The lowest BCUT2D eigenvalue weighted by molar-refractivity contribution is -0.158. The van der Waals surface area contributed by atoms with Crippen molar-refractivity contribution in [2.75, 3.05) is 51.3 Å². The van der Waals surface area contributed by atoms with E-state index >= 15 is 0 Å².